The molecule has 1 amide bonds. The molecule has 198 valence electrons. The Bertz CT molecular complexity index is 1510. The SMILES string of the molecule is CC(C)(NC(=O)Cn1nc(-c2ccc(Cl)cc2)n(Cc2ccc(F)cc2)c1=O)c1cccc(C(F)(F)F)c1. The Morgan fingerprint density at radius 1 is 0.974 bits per heavy atom. The van der Waals surface area contributed by atoms with Crippen LogP contribution < -0.4 is 11.0 Å². The van der Waals surface area contributed by atoms with Crippen LogP contribution in [0.2, 0.25) is 5.02 Å². The number of halogens is 5. The minimum absolute atomic E-state index is 0.0639. The second-order valence-corrected chi connectivity index (χ2v) is 9.67. The first kappa shape index (κ1) is 27.1. The zero-order valence-electron chi connectivity index (χ0n) is 20.4. The van der Waals surface area contributed by atoms with Gasteiger partial charge < -0.3 is 5.32 Å². The van der Waals surface area contributed by atoms with E-state index in [1.165, 1.54) is 41.0 Å². The Labute approximate surface area is 220 Å². The van der Waals surface area contributed by atoms with Crippen LogP contribution in [-0.2, 0) is 29.6 Å². The number of carbonyl (C=O) groups excluding carboxylic acids is 1. The van der Waals surface area contributed by atoms with Crippen molar-refractivity contribution in [1.29, 1.82) is 0 Å². The van der Waals surface area contributed by atoms with Crippen molar-refractivity contribution in [3.63, 3.8) is 0 Å². The van der Waals surface area contributed by atoms with E-state index in [1.807, 2.05) is 0 Å². The molecule has 4 aromatic rings. The Morgan fingerprint density at radius 3 is 2.24 bits per heavy atom. The van der Waals surface area contributed by atoms with Gasteiger partial charge in [-0.15, -0.1) is 5.10 Å². The van der Waals surface area contributed by atoms with Crippen LogP contribution in [0, 0.1) is 5.82 Å². The van der Waals surface area contributed by atoms with Crippen LogP contribution in [0.4, 0.5) is 17.6 Å². The summed E-state index contributed by atoms with van der Waals surface area (Å²) in [5.41, 5.74) is -1.14. The maximum absolute atomic E-state index is 13.4. The molecule has 1 heterocycles. The van der Waals surface area contributed by atoms with Crippen LogP contribution in [0.5, 0.6) is 0 Å². The summed E-state index contributed by atoms with van der Waals surface area (Å²) in [4.78, 5) is 26.2. The molecule has 0 aliphatic carbocycles. The maximum atomic E-state index is 13.4. The van der Waals surface area contributed by atoms with Gasteiger partial charge in [-0.3, -0.25) is 9.36 Å². The molecule has 1 N–H and O–H groups in total. The number of alkyl halides is 3. The van der Waals surface area contributed by atoms with E-state index in [2.05, 4.69) is 10.4 Å². The van der Waals surface area contributed by atoms with Gasteiger partial charge >= 0.3 is 11.9 Å². The number of rotatable bonds is 7. The first-order valence-electron chi connectivity index (χ1n) is 11.5. The third kappa shape index (κ3) is 6.13. The highest BCUT2D eigenvalue weighted by Crippen LogP contribution is 2.32. The fraction of sp³-hybridized carbons (Fsp3) is 0.222. The number of aromatic nitrogens is 3. The number of nitrogens with zero attached hydrogens (tertiary/aromatic N) is 3. The fourth-order valence-electron chi connectivity index (χ4n) is 3.95. The Hall–Kier alpha value is -3.92. The highest BCUT2D eigenvalue weighted by atomic mass is 35.5. The minimum Gasteiger partial charge on any atom is -0.346 e. The lowest BCUT2D eigenvalue weighted by Crippen LogP contribution is -2.44. The van der Waals surface area contributed by atoms with Gasteiger partial charge in [0.2, 0.25) is 5.91 Å². The largest absolute Gasteiger partial charge is 0.416 e. The number of carbonyl (C=O) groups is 1. The normalized spacial score (nSPS) is 12.0. The molecule has 0 aliphatic rings. The summed E-state index contributed by atoms with van der Waals surface area (Å²) >= 11 is 5.99. The standard InChI is InChI=1S/C27H23ClF4N4O2/c1-26(2,19-4-3-5-20(14-19)27(30,31)32)33-23(37)16-36-25(38)35(15-17-6-12-22(29)13-7-17)24(34-36)18-8-10-21(28)11-9-18/h3-14H,15-16H2,1-2H3,(H,33,37). The molecule has 3 aromatic carbocycles. The van der Waals surface area contributed by atoms with Gasteiger partial charge in [0.15, 0.2) is 5.82 Å². The van der Waals surface area contributed by atoms with Gasteiger partial charge in [0.25, 0.3) is 0 Å². The minimum atomic E-state index is -4.53. The summed E-state index contributed by atoms with van der Waals surface area (Å²) in [7, 11) is 0. The lowest BCUT2D eigenvalue weighted by molar-refractivity contribution is -0.137. The number of hydrogen-bond donors (Lipinski definition) is 1. The number of benzene rings is 3. The molecule has 0 radical (unpaired) electrons. The Morgan fingerprint density at radius 2 is 1.61 bits per heavy atom. The van der Waals surface area contributed by atoms with Gasteiger partial charge in [0.05, 0.1) is 17.6 Å². The molecule has 1 aromatic heterocycles. The van der Waals surface area contributed by atoms with Gasteiger partial charge in [-0.2, -0.15) is 13.2 Å². The summed E-state index contributed by atoms with van der Waals surface area (Å²) in [6.07, 6.45) is -4.53. The number of hydrogen-bond acceptors (Lipinski definition) is 3. The molecule has 0 atom stereocenters. The molecule has 6 nitrogen and oxygen atoms in total. The molecule has 0 saturated heterocycles. The summed E-state index contributed by atoms with van der Waals surface area (Å²) in [5, 5.41) is 7.52. The molecular formula is C27H23ClF4N4O2. The van der Waals surface area contributed by atoms with Crippen molar-refractivity contribution in [2.45, 2.75) is 38.7 Å². The Balaban J connectivity index is 1.62. The monoisotopic (exact) mass is 546 g/mol. The van der Waals surface area contributed by atoms with E-state index in [4.69, 9.17) is 11.6 Å². The second-order valence-electron chi connectivity index (χ2n) is 9.24. The highest BCUT2D eigenvalue weighted by Gasteiger charge is 2.32. The predicted octanol–water partition coefficient (Wildman–Crippen LogP) is 5.62. The molecule has 0 aliphatic heterocycles. The van der Waals surface area contributed by atoms with Crippen LogP contribution in [-0.4, -0.2) is 20.3 Å². The van der Waals surface area contributed by atoms with E-state index in [1.54, 1.807) is 38.1 Å². The van der Waals surface area contributed by atoms with Crippen molar-refractivity contribution in [2.24, 2.45) is 0 Å². The van der Waals surface area contributed by atoms with E-state index >= 15 is 0 Å². The van der Waals surface area contributed by atoms with Gasteiger partial charge in [-0.05, 0) is 73.5 Å². The number of amides is 1. The van der Waals surface area contributed by atoms with Gasteiger partial charge in [0, 0.05) is 10.6 Å². The molecular weight excluding hydrogens is 524 g/mol. The van der Waals surface area contributed by atoms with Crippen molar-refractivity contribution in [2.75, 3.05) is 0 Å². The summed E-state index contributed by atoms with van der Waals surface area (Å²) < 4.78 is 55.2. The van der Waals surface area contributed by atoms with E-state index in [9.17, 15) is 27.2 Å². The molecule has 0 spiro atoms. The average Bonchev–Trinajstić information content (AvgIpc) is 3.15. The van der Waals surface area contributed by atoms with Crippen molar-refractivity contribution >= 4 is 17.5 Å². The molecule has 38 heavy (non-hydrogen) atoms. The quantitative estimate of drug-likeness (QED) is 0.306. The molecule has 0 saturated carbocycles. The van der Waals surface area contributed by atoms with Crippen LogP contribution in [0.25, 0.3) is 11.4 Å². The number of nitrogens with one attached hydrogen (secondary N) is 1. The highest BCUT2D eigenvalue weighted by molar-refractivity contribution is 6.30. The van der Waals surface area contributed by atoms with Crippen LogP contribution >= 0.6 is 11.6 Å². The van der Waals surface area contributed by atoms with Crippen molar-refractivity contribution in [3.05, 3.63) is 111 Å². The summed E-state index contributed by atoms with van der Waals surface area (Å²) in [5.74, 6) is -0.778. The molecule has 11 heteroatoms. The van der Waals surface area contributed by atoms with E-state index in [-0.39, 0.29) is 17.9 Å². The zero-order valence-corrected chi connectivity index (χ0v) is 21.1. The average molecular weight is 547 g/mol. The van der Waals surface area contributed by atoms with E-state index in [0.29, 0.717) is 16.1 Å². The van der Waals surface area contributed by atoms with Gasteiger partial charge in [0.1, 0.15) is 12.4 Å². The van der Waals surface area contributed by atoms with Gasteiger partial charge in [-0.25, -0.2) is 13.9 Å². The van der Waals surface area contributed by atoms with Crippen molar-refractivity contribution in [1.82, 2.24) is 19.7 Å². The van der Waals surface area contributed by atoms with Crippen molar-refractivity contribution < 1.29 is 22.4 Å². The molecule has 4 rings (SSSR count). The van der Waals surface area contributed by atoms with Crippen LogP contribution in [0.15, 0.2) is 77.6 Å². The molecule has 0 bridgehead atoms. The lowest BCUT2D eigenvalue weighted by Gasteiger charge is -2.27. The van der Waals surface area contributed by atoms with Gasteiger partial charge in [-0.1, -0.05) is 35.9 Å². The maximum Gasteiger partial charge on any atom is 0.416 e. The molecule has 0 fully saturated rings. The molecule has 0 unspecified atom stereocenters. The van der Waals surface area contributed by atoms with Crippen LogP contribution in [0.1, 0.15) is 30.5 Å². The summed E-state index contributed by atoms with van der Waals surface area (Å²) in [6.45, 7) is 2.72. The topological polar surface area (TPSA) is 68.9 Å². The third-order valence-corrected chi connectivity index (χ3v) is 6.19. The predicted molar refractivity (Wildman–Crippen MR) is 135 cm³/mol. The zero-order chi connectivity index (χ0) is 27.7. The lowest BCUT2D eigenvalue weighted by atomic mass is 9.92. The first-order chi connectivity index (χ1) is 17.8. The van der Waals surface area contributed by atoms with E-state index in [0.717, 1.165) is 16.8 Å². The third-order valence-electron chi connectivity index (χ3n) is 5.94. The van der Waals surface area contributed by atoms with E-state index < -0.39 is 41.2 Å². The summed E-state index contributed by atoms with van der Waals surface area (Å²) in [6, 6.07) is 16.9. The van der Waals surface area contributed by atoms with Crippen molar-refractivity contribution in [3.8, 4) is 11.4 Å². The Kier molecular flexibility index (Phi) is 7.46. The smallest absolute Gasteiger partial charge is 0.346 e. The second kappa shape index (κ2) is 10.4. The van der Waals surface area contributed by atoms with Crippen LogP contribution in [0.3, 0.4) is 0 Å². The first-order valence-corrected chi connectivity index (χ1v) is 11.9. The fourth-order valence-corrected chi connectivity index (χ4v) is 4.08.